The topological polar surface area (TPSA) is 127 Å². The van der Waals surface area contributed by atoms with Crippen molar-refractivity contribution in [1.29, 1.82) is 0 Å². The van der Waals surface area contributed by atoms with Gasteiger partial charge in [-0.05, 0) is 30.9 Å². The van der Waals surface area contributed by atoms with Gasteiger partial charge in [-0.2, -0.15) is 0 Å². The molecule has 1 heterocycles. The lowest BCUT2D eigenvalue weighted by atomic mass is 10.0. The monoisotopic (exact) mass is 334 g/mol. The molecule has 0 aliphatic rings. The minimum Gasteiger partial charge on any atom is -0.480 e. The summed E-state index contributed by atoms with van der Waals surface area (Å²) in [6.07, 6.45) is 0.285. The zero-order chi connectivity index (χ0) is 16.4. The lowest BCUT2D eigenvalue weighted by Gasteiger charge is -2.16. The van der Waals surface area contributed by atoms with Crippen molar-refractivity contribution in [3.05, 3.63) is 16.5 Å². The predicted octanol–water partition coefficient (Wildman–Crippen LogP) is 0.933. The number of carbonyl (C=O) groups excluding carboxylic acids is 1. The van der Waals surface area contributed by atoms with Gasteiger partial charge in [-0.25, -0.2) is 18.4 Å². The van der Waals surface area contributed by atoms with Crippen molar-refractivity contribution in [3.63, 3.8) is 0 Å². The molecule has 1 atom stereocenters. The van der Waals surface area contributed by atoms with Crippen molar-refractivity contribution >= 4 is 33.2 Å². The highest BCUT2D eigenvalue weighted by atomic mass is 32.2. The molecule has 1 amide bonds. The van der Waals surface area contributed by atoms with Gasteiger partial charge in [0, 0.05) is 0 Å². The first-order valence-electron chi connectivity index (χ1n) is 6.19. The number of primary sulfonamides is 1. The molecule has 7 nitrogen and oxygen atoms in total. The van der Waals surface area contributed by atoms with Gasteiger partial charge in [-0.1, -0.05) is 13.8 Å². The van der Waals surface area contributed by atoms with Crippen molar-refractivity contribution in [2.75, 3.05) is 0 Å². The fourth-order valence-electron chi connectivity index (χ4n) is 1.74. The summed E-state index contributed by atoms with van der Waals surface area (Å²) in [5, 5.41) is 16.5. The van der Waals surface area contributed by atoms with E-state index in [0.29, 0.717) is 5.56 Å². The number of amides is 1. The third-order valence-electron chi connectivity index (χ3n) is 2.69. The number of thiophene rings is 1. The minimum atomic E-state index is -3.88. The van der Waals surface area contributed by atoms with E-state index in [0.717, 1.165) is 11.3 Å². The van der Waals surface area contributed by atoms with Crippen LogP contribution in [0.4, 0.5) is 0 Å². The number of carboxylic acid groups (broad SMARTS) is 1. The van der Waals surface area contributed by atoms with E-state index in [4.69, 9.17) is 10.2 Å². The quantitative estimate of drug-likeness (QED) is 0.713. The van der Waals surface area contributed by atoms with Crippen LogP contribution < -0.4 is 10.5 Å². The molecule has 9 heteroatoms. The van der Waals surface area contributed by atoms with Crippen LogP contribution in [0.3, 0.4) is 0 Å². The van der Waals surface area contributed by atoms with E-state index in [9.17, 15) is 18.0 Å². The summed E-state index contributed by atoms with van der Waals surface area (Å²) >= 11 is 0.729. The molecule has 0 saturated heterocycles. The van der Waals surface area contributed by atoms with E-state index < -0.39 is 27.9 Å². The zero-order valence-corrected chi connectivity index (χ0v) is 13.5. The number of rotatable bonds is 6. The minimum absolute atomic E-state index is 0.0933. The number of carbonyl (C=O) groups is 2. The Bertz CT molecular complexity index is 649. The second-order valence-corrected chi connectivity index (χ2v) is 7.96. The molecular formula is C12H18N2O5S2. The smallest absolute Gasteiger partial charge is 0.326 e. The summed E-state index contributed by atoms with van der Waals surface area (Å²) in [6.45, 7) is 5.26. The second kappa shape index (κ2) is 6.54. The average Bonchev–Trinajstić information content (AvgIpc) is 2.69. The van der Waals surface area contributed by atoms with Crippen LogP contribution in [0.1, 0.15) is 35.5 Å². The average molecular weight is 334 g/mol. The van der Waals surface area contributed by atoms with Crippen LogP contribution in [0.25, 0.3) is 0 Å². The maximum Gasteiger partial charge on any atom is 0.326 e. The fraction of sp³-hybridized carbons (Fsp3) is 0.500. The fourth-order valence-corrected chi connectivity index (χ4v) is 3.60. The van der Waals surface area contributed by atoms with Gasteiger partial charge in [-0.3, -0.25) is 4.79 Å². The first-order valence-corrected chi connectivity index (χ1v) is 8.55. The van der Waals surface area contributed by atoms with Crippen molar-refractivity contribution in [2.45, 2.75) is 37.4 Å². The SMILES string of the molecule is Cc1cc(S(N)(=O)=O)sc1C(=O)NC(CC(C)C)C(=O)O. The highest BCUT2D eigenvalue weighted by Crippen LogP contribution is 2.25. The van der Waals surface area contributed by atoms with Gasteiger partial charge in [0.25, 0.3) is 5.91 Å². The molecule has 0 aromatic carbocycles. The Morgan fingerprint density at radius 3 is 2.38 bits per heavy atom. The second-order valence-electron chi connectivity index (χ2n) is 5.12. The first kappa shape index (κ1) is 17.6. The van der Waals surface area contributed by atoms with Gasteiger partial charge in [-0.15, -0.1) is 11.3 Å². The van der Waals surface area contributed by atoms with Crippen molar-refractivity contribution in [1.82, 2.24) is 5.32 Å². The van der Waals surface area contributed by atoms with E-state index in [1.165, 1.54) is 6.07 Å². The lowest BCUT2D eigenvalue weighted by molar-refractivity contribution is -0.139. The molecule has 1 rings (SSSR count). The normalized spacial score (nSPS) is 13.2. The molecule has 21 heavy (non-hydrogen) atoms. The molecule has 0 fully saturated rings. The Kier molecular flexibility index (Phi) is 5.48. The van der Waals surface area contributed by atoms with Crippen LogP contribution in [-0.2, 0) is 14.8 Å². The van der Waals surface area contributed by atoms with Gasteiger partial charge < -0.3 is 10.4 Å². The molecule has 1 aromatic rings. The molecule has 118 valence electrons. The van der Waals surface area contributed by atoms with Gasteiger partial charge in [0.2, 0.25) is 10.0 Å². The van der Waals surface area contributed by atoms with Crippen LogP contribution in [0.2, 0.25) is 0 Å². The summed E-state index contributed by atoms with van der Waals surface area (Å²) in [6, 6.07) is 0.282. The molecule has 1 unspecified atom stereocenters. The van der Waals surface area contributed by atoms with Crippen molar-refractivity contribution < 1.29 is 23.1 Å². The van der Waals surface area contributed by atoms with E-state index in [-0.39, 0.29) is 21.4 Å². The van der Waals surface area contributed by atoms with Crippen molar-refractivity contribution in [3.8, 4) is 0 Å². The third kappa shape index (κ3) is 4.80. The summed E-state index contributed by atoms with van der Waals surface area (Å²) in [5.74, 6) is -1.64. The Labute approximate surface area is 127 Å². The number of nitrogens with one attached hydrogen (secondary N) is 1. The number of aryl methyl sites for hydroxylation is 1. The molecule has 0 spiro atoms. The molecule has 0 aliphatic carbocycles. The Hall–Kier alpha value is -1.45. The summed E-state index contributed by atoms with van der Waals surface area (Å²) in [5.41, 5.74) is 0.440. The number of carboxylic acids is 1. The van der Waals surface area contributed by atoms with Crippen molar-refractivity contribution in [2.24, 2.45) is 11.1 Å². The molecule has 0 radical (unpaired) electrons. The molecule has 1 aromatic heterocycles. The Balaban J connectivity index is 2.98. The molecular weight excluding hydrogens is 316 g/mol. The van der Waals surface area contributed by atoms with Gasteiger partial charge in [0.05, 0.1) is 4.88 Å². The van der Waals surface area contributed by atoms with Gasteiger partial charge in [0.1, 0.15) is 10.3 Å². The Morgan fingerprint density at radius 1 is 1.43 bits per heavy atom. The standard InChI is InChI=1S/C12H18N2O5S2/c1-6(2)4-8(12(16)17)14-11(15)10-7(3)5-9(20-10)21(13,18)19/h5-6,8H,4H2,1-3H3,(H,14,15)(H,16,17)(H2,13,18,19). The van der Waals surface area contributed by atoms with Crippen LogP contribution in [0.15, 0.2) is 10.3 Å². The maximum atomic E-state index is 12.1. The van der Waals surface area contributed by atoms with Crippen LogP contribution in [-0.4, -0.2) is 31.4 Å². The number of hydrogen-bond acceptors (Lipinski definition) is 5. The highest BCUT2D eigenvalue weighted by molar-refractivity contribution is 7.91. The van der Waals surface area contributed by atoms with Gasteiger partial charge in [0.15, 0.2) is 0 Å². The molecule has 0 aliphatic heterocycles. The largest absolute Gasteiger partial charge is 0.480 e. The zero-order valence-electron chi connectivity index (χ0n) is 11.9. The number of nitrogens with two attached hydrogens (primary N) is 1. The van der Waals surface area contributed by atoms with Crippen LogP contribution >= 0.6 is 11.3 Å². The Morgan fingerprint density at radius 2 is 2.00 bits per heavy atom. The van der Waals surface area contributed by atoms with Crippen LogP contribution in [0, 0.1) is 12.8 Å². The number of hydrogen-bond donors (Lipinski definition) is 3. The van der Waals surface area contributed by atoms with E-state index >= 15 is 0 Å². The molecule has 0 saturated carbocycles. The molecule has 4 N–H and O–H groups in total. The van der Waals surface area contributed by atoms with E-state index in [1.54, 1.807) is 6.92 Å². The summed E-state index contributed by atoms with van der Waals surface area (Å²) < 4.78 is 22.4. The van der Waals surface area contributed by atoms with Gasteiger partial charge >= 0.3 is 5.97 Å². The third-order valence-corrected chi connectivity index (χ3v) is 5.35. The summed E-state index contributed by atoms with van der Waals surface area (Å²) in [4.78, 5) is 23.4. The highest BCUT2D eigenvalue weighted by Gasteiger charge is 2.25. The first-order chi connectivity index (χ1) is 9.52. The molecule has 0 bridgehead atoms. The maximum absolute atomic E-state index is 12.1. The van der Waals surface area contributed by atoms with E-state index in [1.807, 2.05) is 13.8 Å². The number of aliphatic carboxylic acids is 1. The number of sulfonamides is 1. The summed E-state index contributed by atoms with van der Waals surface area (Å²) in [7, 11) is -3.88. The predicted molar refractivity (Wildman–Crippen MR) is 78.8 cm³/mol. The van der Waals surface area contributed by atoms with Crippen LogP contribution in [0.5, 0.6) is 0 Å². The lowest BCUT2D eigenvalue weighted by Crippen LogP contribution is -2.41. The van der Waals surface area contributed by atoms with E-state index in [2.05, 4.69) is 5.32 Å².